The number of anilines is 2. The molecule has 4 aromatic rings. The van der Waals surface area contributed by atoms with Crippen molar-refractivity contribution in [3.05, 3.63) is 129 Å². The van der Waals surface area contributed by atoms with E-state index >= 15 is 0 Å². The molecular weight excluding hydrogens is 568 g/mol. The lowest BCUT2D eigenvalue weighted by Crippen LogP contribution is -2.54. The van der Waals surface area contributed by atoms with Gasteiger partial charge in [0.2, 0.25) is 4.99 Å². The van der Waals surface area contributed by atoms with Gasteiger partial charge in [-0.3, -0.25) is 4.79 Å². The van der Waals surface area contributed by atoms with Crippen molar-refractivity contribution in [3.63, 3.8) is 0 Å². The summed E-state index contributed by atoms with van der Waals surface area (Å²) in [7, 11) is 0. The first-order chi connectivity index (χ1) is 18.0. The highest BCUT2D eigenvalue weighted by atomic mass is 79.9. The number of carbonyl (C=O) groups excluding carboxylic acids is 1. The van der Waals surface area contributed by atoms with Crippen molar-refractivity contribution in [2.75, 3.05) is 10.0 Å². The summed E-state index contributed by atoms with van der Waals surface area (Å²) in [6.45, 7) is 1.54. The normalized spacial score (nSPS) is 18.5. The first kappa shape index (κ1) is 24.0. The van der Waals surface area contributed by atoms with Crippen LogP contribution in [0.25, 0.3) is 0 Å². The van der Waals surface area contributed by atoms with E-state index in [9.17, 15) is 4.79 Å². The second kappa shape index (κ2) is 9.49. The van der Waals surface area contributed by atoms with Crippen LogP contribution >= 0.6 is 39.3 Å². The molecule has 8 heteroatoms. The second-order valence-electron chi connectivity index (χ2n) is 8.61. The van der Waals surface area contributed by atoms with Gasteiger partial charge in [-0.1, -0.05) is 88.2 Å². The van der Waals surface area contributed by atoms with Crippen molar-refractivity contribution in [1.29, 1.82) is 0 Å². The van der Waals surface area contributed by atoms with Gasteiger partial charge in [0.1, 0.15) is 0 Å². The van der Waals surface area contributed by atoms with Gasteiger partial charge in [-0.25, -0.2) is 10.0 Å². The maximum Gasteiger partial charge on any atom is 0.234 e. The molecule has 1 spiro atoms. The van der Waals surface area contributed by atoms with Crippen LogP contribution in [-0.4, -0.2) is 16.5 Å². The molecule has 0 fully saturated rings. The third kappa shape index (κ3) is 4.07. The topological polar surface area (TPSA) is 48.3 Å². The monoisotopic (exact) mass is 586 g/mol. The molecule has 2 aliphatic rings. The Bertz CT molecular complexity index is 1570. The smallest absolute Gasteiger partial charge is 0.234 e. The van der Waals surface area contributed by atoms with E-state index in [1.807, 2.05) is 88.9 Å². The van der Waals surface area contributed by atoms with Gasteiger partial charge in [-0.05, 0) is 54.2 Å². The predicted molar refractivity (Wildman–Crippen MR) is 156 cm³/mol. The Balaban J connectivity index is 1.66. The van der Waals surface area contributed by atoms with Crippen LogP contribution in [0.4, 0.5) is 11.4 Å². The first-order valence-corrected chi connectivity index (χ1v) is 13.6. The fourth-order valence-corrected chi connectivity index (χ4v) is 6.31. The lowest BCUT2D eigenvalue weighted by molar-refractivity contribution is -0.110. The zero-order valence-electron chi connectivity index (χ0n) is 19.7. The fourth-order valence-electron chi connectivity index (χ4n) is 4.57. The third-order valence-electron chi connectivity index (χ3n) is 6.21. The number of fused-ring (bicyclic) bond motifs is 2. The number of Topliss-reactive ketones (excluding diaryl/α,β-unsaturated/α-hetero) is 1. The van der Waals surface area contributed by atoms with Crippen LogP contribution in [-0.2, 0) is 9.79 Å². The van der Waals surface area contributed by atoms with Gasteiger partial charge in [-0.2, -0.15) is 10.2 Å². The fraction of sp³-hybridized carbons (Fsp3) is 0.0690. The van der Waals surface area contributed by atoms with Gasteiger partial charge in [-0.15, -0.1) is 0 Å². The molecule has 6 rings (SSSR count). The summed E-state index contributed by atoms with van der Waals surface area (Å²) in [6, 6.07) is 33.8. The van der Waals surface area contributed by atoms with Gasteiger partial charge >= 0.3 is 0 Å². The van der Waals surface area contributed by atoms with E-state index in [1.165, 1.54) is 11.8 Å². The minimum atomic E-state index is -0.998. The Morgan fingerprint density at radius 2 is 1.51 bits per heavy atom. The molecule has 0 unspecified atom stereocenters. The summed E-state index contributed by atoms with van der Waals surface area (Å²) in [5.74, 6) is -0.109. The maximum absolute atomic E-state index is 12.7. The molecule has 0 N–H and O–H groups in total. The summed E-state index contributed by atoms with van der Waals surface area (Å²) in [5.41, 5.74) is 5.38. The molecule has 1 atom stereocenters. The van der Waals surface area contributed by atoms with Crippen molar-refractivity contribution in [2.24, 2.45) is 10.2 Å². The average molecular weight is 588 g/mol. The number of ketones is 1. The predicted octanol–water partition coefficient (Wildman–Crippen LogP) is 7.64. The zero-order valence-corrected chi connectivity index (χ0v) is 22.8. The lowest BCUT2D eigenvalue weighted by atomic mass is 9.93. The summed E-state index contributed by atoms with van der Waals surface area (Å²) in [4.78, 5) is 11.7. The van der Waals surface area contributed by atoms with E-state index in [0.29, 0.717) is 10.1 Å². The van der Waals surface area contributed by atoms with Crippen molar-refractivity contribution in [3.8, 4) is 0 Å². The van der Waals surface area contributed by atoms with Gasteiger partial charge in [0, 0.05) is 33.1 Å². The number of halogens is 2. The molecule has 0 saturated heterocycles. The minimum absolute atomic E-state index is 0.109. The van der Waals surface area contributed by atoms with E-state index < -0.39 is 4.99 Å². The minimum Gasteiger partial charge on any atom is -0.292 e. The van der Waals surface area contributed by atoms with Crippen LogP contribution in [0.3, 0.4) is 0 Å². The molecule has 0 aromatic heterocycles. The van der Waals surface area contributed by atoms with Crippen LogP contribution < -0.4 is 10.0 Å². The Hall–Kier alpha value is -3.39. The largest absolute Gasteiger partial charge is 0.292 e. The summed E-state index contributed by atoms with van der Waals surface area (Å²) in [5, 5.41) is 14.9. The number of para-hydroxylation sites is 1. The van der Waals surface area contributed by atoms with Crippen LogP contribution in [0, 0.1) is 0 Å². The third-order valence-corrected chi connectivity index (χ3v) is 8.39. The molecule has 0 bridgehead atoms. The molecule has 2 heterocycles. The highest BCUT2D eigenvalue weighted by Crippen LogP contribution is 2.55. The van der Waals surface area contributed by atoms with E-state index in [1.54, 1.807) is 6.92 Å². The Morgan fingerprint density at radius 1 is 0.838 bits per heavy atom. The first-order valence-electron chi connectivity index (χ1n) is 11.6. The summed E-state index contributed by atoms with van der Waals surface area (Å²) in [6.07, 6.45) is 0. The van der Waals surface area contributed by atoms with Crippen molar-refractivity contribution in [1.82, 2.24) is 0 Å². The molecule has 0 radical (unpaired) electrons. The molecule has 0 aliphatic carbocycles. The highest BCUT2D eigenvalue weighted by molar-refractivity contribution is 9.10. The van der Waals surface area contributed by atoms with Crippen LogP contribution in [0.2, 0.25) is 5.02 Å². The SMILES string of the molecule is CC(=O)C1=NN(c2cccc(Cl)c2)[C@@]2(S1)c1ccccc1C(c1ccc(Br)cc1)=NN2c1ccccc1. The highest BCUT2D eigenvalue weighted by Gasteiger charge is 2.55. The number of thioether (sulfide) groups is 1. The number of carbonyl (C=O) groups is 1. The number of nitrogens with zero attached hydrogens (tertiary/aromatic N) is 4. The lowest BCUT2D eigenvalue weighted by Gasteiger charge is -2.47. The van der Waals surface area contributed by atoms with E-state index in [2.05, 4.69) is 40.2 Å². The van der Waals surface area contributed by atoms with E-state index in [4.69, 9.17) is 21.8 Å². The zero-order chi connectivity index (χ0) is 25.6. The number of benzene rings is 4. The van der Waals surface area contributed by atoms with Crippen molar-refractivity contribution < 1.29 is 4.79 Å². The number of hydrogen-bond donors (Lipinski definition) is 0. The molecule has 4 aromatic carbocycles. The molecule has 0 saturated carbocycles. The van der Waals surface area contributed by atoms with Gasteiger partial charge in [0.05, 0.1) is 17.1 Å². The van der Waals surface area contributed by atoms with E-state index in [-0.39, 0.29) is 5.78 Å². The van der Waals surface area contributed by atoms with Gasteiger partial charge < -0.3 is 0 Å². The molecule has 0 amide bonds. The Morgan fingerprint density at radius 3 is 2.24 bits per heavy atom. The molecule has 37 heavy (non-hydrogen) atoms. The molecular formula is C29H20BrClN4OS. The summed E-state index contributed by atoms with van der Waals surface area (Å²) >= 11 is 11.4. The van der Waals surface area contributed by atoms with E-state index in [0.717, 1.165) is 38.2 Å². The Labute approximate surface area is 232 Å². The quantitative estimate of drug-likeness (QED) is 0.246. The van der Waals surface area contributed by atoms with Crippen LogP contribution in [0.1, 0.15) is 23.6 Å². The second-order valence-corrected chi connectivity index (χ2v) is 11.1. The van der Waals surface area contributed by atoms with Crippen LogP contribution in [0.15, 0.2) is 118 Å². The van der Waals surface area contributed by atoms with Gasteiger partial charge in [0.25, 0.3) is 0 Å². The number of hydrogen-bond acceptors (Lipinski definition) is 6. The van der Waals surface area contributed by atoms with Crippen LogP contribution in [0.5, 0.6) is 0 Å². The van der Waals surface area contributed by atoms with Crippen molar-refractivity contribution >= 4 is 67.2 Å². The molecule has 182 valence electrons. The molecule has 5 nitrogen and oxygen atoms in total. The summed E-state index contributed by atoms with van der Waals surface area (Å²) < 4.78 is 0.996. The average Bonchev–Trinajstić information content (AvgIpc) is 3.32. The number of rotatable bonds is 4. The van der Waals surface area contributed by atoms with Gasteiger partial charge in [0.15, 0.2) is 10.8 Å². The maximum atomic E-state index is 12.7. The standard InChI is InChI=1S/C29H20BrClN4OS/c1-19(36)28-33-35(24-11-7-8-22(31)18-24)29(37-28)26-13-6-5-12-25(26)27(20-14-16-21(30)17-15-20)32-34(29)23-9-3-2-4-10-23/h2-18H,1H3/t29-/m1/s1. The molecule has 2 aliphatic heterocycles. The number of hydrazone groups is 2. The Kier molecular flexibility index (Phi) is 6.15. The van der Waals surface area contributed by atoms with Crippen molar-refractivity contribution in [2.45, 2.75) is 11.9 Å².